The summed E-state index contributed by atoms with van der Waals surface area (Å²) in [5.74, 6) is -0.790. The number of carbonyl (C=O) groups excluding carboxylic acids is 1. The van der Waals surface area contributed by atoms with Crippen LogP contribution in [0, 0.1) is 5.82 Å². The molecule has 0 saturated carbocycles. The molecule has 0 bridgehead atoms. The van der Waals surface area contributed by atoms with Gasteiger partial charge in [0.25, 0.3) is 0 Å². The highest BCUT2D eigenvalue weighted by atomic mass is 35.5. The van der Waals surface area contributed by atoms with Gasteiger partial charge in [-0.1, -0.05) is 17.7 Å². The molecule has 0 aliphatic carbocycles. The molecule has 1 atom stereocenters. The maximum atomic E-state index is 13.6. The molecule has 1 unspecified atom stereocenters. The molecule has 18 heavy (non-hydrogen) atoms. The average Bonchev–Trinajstić information content (AvgIpc) is 2.35. The van der Waals surface area contributed by atoms with E-state index in [1.54, 1.807) is 20.1 Å². The molecule has 4 nitrogen and oxygen atoms in total. The van der Waals surface area contributed by atoms with Crippen molar-refractivity contribution in [2.75, 3.05) is 25.6 Å². The van der Waals surface area contributed by atoms with Gasteiger partial charge in [0, 0.05) is 13.7 Å². The largest absolute Gasteiger partial charge is 0.383 e. The lowest BCUT2D eigenvalue weighted by molar-refractivity contribution is -0.121. The van der Waals surface area contributed by atoms with Gasteiger partial charge in [-0.3, -0.25) is 4.79 Å². The van der Waals surface area contributed by atoms with Crippen molar-refractivity contribution >= 4 is 23.2 Å². The van der Waals surface area contributed by atoms with Gasteiger partial charge in [0.1, 0.15) is 6.04 Å². The zero-order chi connectivity index (χ0) is 13.5. The third-order valence-electron chi connectivity index (χ3n) is 2.32. The number of halogens is 2. The van der Waals surface area contributed by atoms with E-state index in [0.29, 0.717) is 13.2 Å². The van der Waals surface area contributed by atoms with Crippen molar-refractivity contribution in [3.05, 3.63) is 29.0 Å². The predicted molar refractivity (Wildman–Crippen MR) is 69.4 cm³/mol. The van der Waals surface area contributed by atoms with Gasteiger partial charge in [-0.15, -0.1) is 0 Å². The van der Waals surface area contributed by atoms with E-state index in [0.717, 1.165) is 0 Å². The second kappa shape index (κ2) is 7.18. The van der Waals surface area contributed by atoms with Crippen molar-refractivity contribution in [3.63, 3.8) is 0 Å². The van der Waals surface area contributed by atoms with Gasteiger partial charge < -0.3 is 15.4 Å². The molecule has 1 aromatic rings. The topological polar surface area (TPSA) is 50.4 Å². The summed E-state index contributed by atoms with van der Waals surface area (Å²) in [6.07, 6.45) is 0. The predicted octanol–water partition coefficient (Wildman–Crippen LogP) is 2.04. The molecule has 0 heterocycles. The van der Waals surface area contributed by atoms with Crippen LogP contribution in [0.5, 0.6) is 0 Å². The fourth-order valence-electron chi connectivity index (χ4n) is 1.34. The second-order valence-corrected chi connectivity index (χ2v) is 4.16. The zero-order valence-electron chi connectivity index (χ0n) is 10.3. The molecule has 0 fully saturated rings. The molecule has 1 aromatic carbocycles. The monoisotopic (exact) mass is 274 g/mol. The fraction of sp³-hybridized carbons (Fsp3) is 0.417. The summed E-state index contributed by atoms with van der Waals surface area (Å²) in [6.45, 7) is 2.49. The number of rotatable bonds is 6. The van der Waals surface area contributed by atoms with Crippen LogP contribution in [-0.4, -0.2) is 32.2 Å². The summed E-state index contributed by atoms with van der Waals surface area (Å²) in [7, 11) is 1.55. The molecule has 0 aromatic heterocycles. The Labute approximate surface area is 110 Å². The van der Waals surface area contributed by atoms with Crippen LogP contribution < -0.4 is 10.6 Å². The van der Waals surface area contributed by atoms with E-state index in [4.69, 9.17) is 16.3 Å². The van der Waals surface area contributed by atoms with Gasteiger partial charge in [-0.2, -0.15) is 0 Å². The van der Waals surface area contributed by atoms with Crippen LogP contribution in [0.4, 0.5) is 10.1 Å². The van der Waals surface area contributed by atoms with E-state index in [1.165, 1.54) is 12.1 Å². The van der Waals surface area contributed by atoms with Gasteiger partial charge in [0.05, 0.1) is 17.3 Å². The van der Waals surface area contributed by atoms with Crippen molar-refractivity contribution < 1.29 is 13.9 Å². The van der Waals surface area contributed by atoms with E-state index in [2.05, 4.69) is 10.6 Å². The standard InChI is InChI=1S/C12H16ClFN2O2/c1-8(12(17)15-6-7-18-2)16-10-5-3-4-9(13)11(10)14/h3-5,8,16H,6-7H2,1-2H3,(H,15,17). The summed E-state index contributed by atoms with van der Waals surface area (Å²) in [6, 6.07) is 4.03. The maximum Gasteiger partial charge on any atom is 0.242 e. The van der Waals surface area contributed by atoms with Crippen molar-refractivity contribution in [2.24, 2.45) is 0 Å². The minimum absolute atomic E-state index is 0.0204. The van der Waals surface area contributed by atoms with Crippen LogP contribution in [-0.2, 0) is 9.53 Å². The number of nitrogens with one attached hydrogen (secondary N) is 2. The Balaban J connectivity index is 2.56. The van der Waals surface area contributed by atoms with Gasteiger partial charge in [0.15, 0.2) is 5.82 Å². The van der Waals surface area contributed by atoms with E-state index in [1.807, 2.05) is 0 Å². The molecular weight excluding hydrogens is 259 g/mol. The minimum atomic E-state index is -0.560. The number of ether oxygens (including phenoxy) is 1. The number of methoxy groups -OCH3 is 1. The Hall–Kier alpha value is -1.33. The molecule has 100 valence electrons. The lowest BCUT2D eigenvalue weighted by Crippen LogP contribution is -2.39. The molecule has 6 heteroatoms. The number of benzene rings is 1. The summed E-state index contributed by atoms with van der Waals surface area (Å²) in [5, 5.41) is 5.44. The first-order valence-electron chi connectivity index (χ1n) is 5.53. The zero-order valence-corrected chi connectivity index (χ0v) is 11.1. The van der Waals surface area contributed by atoms with E-state index in [9.17, 15) is 9.18 Å². The lowest BCUT2D eigenvalue weighted by atomic mass is 10.2. The Kier molecular flexibility index (Phi) is 5.88. The summed E-state index contributed by atoms with van der Waals surface area (Å²) < 4.78 is 18.4. The van der Waals surface area contributed by atoms with Gasteiger partial charge in [-0.25, -0.2) is 4.39 Å². The molecule has 2 N–H and O–H groups in total. The number of amides is 1. The van der Waals surface area contributed by atoms with Crippen molar-refractivity contribution in [1.29, 1.82) is 0 Å². The quantitative estimate of drug-likeness (QED) is 0.781. The third kappa shape index (κ3) is 4.16. The second-order valence-electron chi connectivity index (χ2n) is 3.75. The highest BCUT2D eigenvalue weighted by Crippen LogP contribution is 2.22. The molecule has 1 rings (SSSR count). The van der Waals surface area contributed by atoms with Crippen LogP contribution in [0.2, 0.25) is 5.02 Å². The smallest absolute Gasteiger partial charge is 0.242 e. The molecular formula is C12H16ClFN2O2. The van der Waals surface area contributed by atoms with Crippen LogP contribution in [0.3, 0.4) is 0 Å². The van der Waals surface area contributed by atoms with E-state index >= 15 is 0 Å². The third-order valence-corrected chi connectivity index (χ3v) is 2.61. The number of hydrogen-bond acceptors (Lipinski definition) is 3. The Morgan fingerprint density at radius 2 is 2.28 bits per heavy atom. The Bertz CT molecular complexity index is 415. The van der Waals surface area contributed by atoms with Crippen LogP contribution >= 0.6 is 11.6 Å². The van der Waals surface area contributed by atoms with Crippen molar-refractivity contribution in [1.82, 2.24) is 5.32 Å². The van der Waals surface area contributed by atoms with Crippen molar-refractivity contribution in [2.45, 2.75) is 13.0 Å². The first-order chi connectivity index (χ1) is 8.56. The van der Waals surface area contributed by atoms with Gasteiger partial charge in [-0.05, 0) is 19.1 Å². The molecule has 0 aliphatic rings. The SMILES string of the molecule is COCCNC(=O)C(C)Nc1cccc(Cl)c1F. The Morgan fingerprint density at radius 1 is 1.56 bits per heavy atom. The fourth-order valence-corrected chi connectivity index (χ4v) is 1.52. The van der Waals surface area contributed by atoms with E-state index < -0.39 is 11.9 Å². The molecule has 0 aliphatic heterocycles. The molecule has 0 saturated heterocycles. The normalized spacial score (nSPS) is 12.0. The lowest BCUT2D eigenvalue weighted by Gasteiger charge is -2.15. The summed E-state index contributed by atoms with van der Waals surface area (Å²) in [5.41, 5.74) is 0.205. The molecule has 1 amide bonds. The highest BCUT2D eigenvalue weighted by molar-refractivity contribution is 6.31. The first-order valence-corrected chi connectivity index (χ1v) is 5.91. The summed E-state index contributed by atoms with van der Waals surface area (Å²) in [4.78, 5) is 11.6. The van der Waals surface area contributed by atoms with Crippen LogP contribution in [0.25, 0.3) is 0 Å². The highest BCUT2D eigenvalue weighted by Gasteiger charge is 2.14. The molecule has 0 radical (unpaired) electrons. The minimum Gasteiger partial charge on any atom is -0.383 e. The molecule has 0 spiro atoms. The maximum absolute atomic E-state index is 13.6. The first kappa shape index (κ1) is 14.7. The van der Waals surface area contributed by atoms with E-state index in [-0.39, 0.29) is 16.6 Å². The number of anilines is 1. The van der Waals surface area contributed by atoms with Gasteiger partial charge in [0.2, 0.25) is 5.91 Å². The van der Waals surface area contributed by atoms with Gasteiger partial charge >= 0.3 is 0 Å². The average molecular weight is 275 g/mol. The number of hydrogen-bond donors (Lipinski definition) is 2. The summed E-state index contributed by atoms with van der Waals surface area (Å²) >= 11 is 5.65. The number of carbonyl (C=O) groups is 1. The Morgan fingerprint density at radius 3 is 2.94 bits per heavy atom. The van der Waals surface area contributed by atoms with Crippen LogP contribution in [0.1, 0.15) is 6.92 Å². The van der Waals surface area contributed by atoms with Crippen LogP contribution in [0.15, 0.2) is 18.2 Å². The van der Waals surface area contributed by atoms with Crippen molar-refractivity contribution in [3.8, 4) is 0 Å².